The van der Waals surface area contributed by atoms with Crippen molar-refractivity contribution in [1.82, 2.24) is 9.88 Å². The predicted octanol–water partition coefficient (Wildman–Crippen LogP) is 2.16. The number of carbonyl (C=O) groups is 1. The molecule has 0 unspecified atom stereocenters. The average Bonchev–Trinajstić information content (AvgIpc) is 2.83. The van der Waals surface area contributed by atoms with E-state index in [9.17, 15) is 4.79 Å². The van der Waals surface area contributed by atoms with Crippen LogP contribution >= 0.6 is 11.3 Å². The standard InChI is InChI=1S/C11H12N2O3S/c1-13(2)4-10-12-8(6-17-10)9-3-7(5-16-9)11(14)15/h3,5-6H,4H2,1-2H3,(H,14,15). The van der Waals surface area contributed by atoms with Crippen molar-refractivity contribution in [2.45, 2.75) is 6.54 Å². The minimum atomic E-state index is -0.997. The summed E-state index contributed by atoms with van der Waals surface area (Å²) in [6.07, 6.45) is 1.22. The molecule has 0 atom stereocenters. The van der Waals surface area contributed by atoms with Crippen molar-refractivity contribution in [3.63, 3.8) is 0 Å². The molecular formula is C11H12N2O3S. The van der Waals surface area contributed by atoms with Crippen molar-refractivity contribution in [2.75, 3.05) is 14.1 Å². The summed E-state index contributed by atoms with van der Waals surface area (Å²) >= 11 is 1.53. The van der Waals surface area contributed by atoms with Gasteiger partial charge >= 0.3 is 5.97 Å². The first-order valence-corrected chi connectivity index (χ1v) is 5.85. The lowest BCUT2D eigenvalue weighted by Gasteiger charge is -2.04. The van der Waals surface area contributed by atoms with Crippen molar-refractivity contribution < 1.29 is 14.3 Å². The van der Waals surface area contributed by atoms with E-state index in [2.05, 4.69) is 4.98 Å². The molecule has 5 nitrogen and oxygen atoms in total. The van der Waals surface area contributed by atoms with E-state index in [1.807, 2.05) is 24.4 Å². The molecule has 0 saturated carbocycles. The van der Waals surface area contributed by atoms with Gasteiger partial charge in [-0.25, -0.2) is 9.78 Å². The number of aromatic carboxylic acids is 1. The van der Waals surface area contributed by atoms with Gasteiger partial charge in [-0.05, 0) is 14.1 Å². The van der Waals surface area contributed by atoms with Gasteiger partial charge in [0.15, 0.2) is 5.76 Å². The topological polar surface area (TPSA) is 66.6 Å². The van der Waals surface area contributed by atoms with Crippen LogP contribution in [0, 0.1) is 0 Å². The van der Waals surface area contributed by atoms with Crippen LogP contribution in [-0.2, 0) is 6.54 Å². The molecule has 0 aliphatic rings. The highest BCUT2D eigenvalue weighted by Gasteiger charge is 2.12. The van der Waals surface area contributed by atoms with Crippen LogP contribution in [0.25, 0.3) is 11.5 Å². The van der Waals surface area contributed by atoms with Crippen LogP contribution in [0.4, 0.5) is 0 Å². The van der Waals surface area contributed by atoms with Crippen LogP contribution in [0.3, 0.4) is 0 Å². The molecule has 6 heteroatoms. The number of hydrogen-bond acceptors (Lipinski definition) is 5. The quantitative estimate of drug-likeness (QED) is 0.903. The second-order valence-corrected chi connectivity index (χ2v) is 4.81. The summed E-state index contributed by atoms with van der Waals surface area (Å²) in [5.74, 6) is -0.507. The molecule has 0 aliphatic carbocycles. The number of carboxylic acid groups (broad SMARTS) is 1. The summed E-state index contributed by atoms with van der Waals surface area (Å²) in [6.45, 7) is 0.761. The first kappa shape index (κ1) is 11.8. The fourth-order valence-electron chi connectivity index (χ4n) is 1.35. The SMILES string of the molecule is CN(C)Cc1nc(-c2cc(C(=O)O)co2)cs1. The largest absolute Gasteiger partial charge is 0.478 e. The lowest BCUT2D eigenvalue weighted by Crippen LogP contribution is -2.10. The fourth-order valence-corrected chi connectivity index (χ4v) is 2.25. The maximum atomic E-state index is 10.7. The molecule has 0 aliphatic heterocycles. The first-order valence-electron chi connectivity index (χ1n) is 4.97. The van der Waals surface area contributed by atoms with Crippen molar-refractivity contribution >= 4 is 17.3 Å². The predicted molar refractivity (Wildman–Crippen MR) is 64.2 cm³/mol. The van der Waals surface area contributed by atoms with Gasteiger partial charge in [-0.15, -0.1) is 11.3 Å². The van der Waals surface area contributed by atoms with Crippen molar-refractivity contribution in [3.05, 3.63) is 28.3 Å². The van der Waals surface area contributed by atoms with Gasteiger partial charge in [0.25, 0.3) is 0 Å². The van der Waals surface area contributed by atoms with Crippen molar-refractivity contribution in [2.24, 2.45) is 0 Å². The van der Waals surface area contributed by atoms with Crippen molar-refractivity contribution in [3.8, 4) is 11.5 Å². The van der Waals surface area contributed by atoms with Gasteiger partial charge in [0.05, 0.1) is 5.56 Å². The summed E-state index contributed by atoms with van der Waals surface area (Å²) in [6, 6.07) is 1.48. The minimum Gasteiger partial charge on any atom is -0.478 e. The first-order chi connectivity index (χ1) is 8.06. The van der Waals surface area contributed by atoms with Crippen LogP contribution in [0.1, 0.15) is 15.4 Å². The number of hydrogen-bond donors (Lipinski definition) is 1. The third-order valence-corrected chi connectivity index (χ3v) is 2.94. The number of carboxylic acids is 1. The Bertz CT molecular complexity index is 530. The molecule has 2 rings (SSSR count). The Kier molecular flexibility index (Phi) is 3.26. The van der Waals surface area contributed by atoms with E-state index in [0.717, 1.165) is 11.6 Å². The van der Waals surface area contributed by atoms with Gasteiger partial charge in [0, 0.05) is 18.0 Å². The highest BCUT2D eigenvalue weighted by molar-refractivity contribution is 7.09. The normalized spacial score (nSPS) is 11.0. The van der Waals surface area contributed by atoms with Crippen LogP contribution in [0.5, 0.6) is 0 Å². The van der Waals surface area contributed by atoms with Gasteiger partial charge in [-0.2, -0.15) is 0 Å². The lowest BCUT2D eigenvalue weighted by molar-refractivity contribution is 0.0696. The molecule has 0 saturated heterocycles. The number of aromatic nitrogens is 1. The number of thiazole rings is 1. The zero-order valence-electron chi connectivity index (χ0n) is 9.51. The molecule has 1 N–H and O–H groups in total. The molecule has 17 heavy (non-hydrogen) atoms. The fraction of sp³-hybridized carbons (Fsp3) is 0.273. The third kappa shape index (κ3) is 2.72. The van der Waals surface area contributed by atoms with Crippen molar-refractivity contribution in [1.29, 1.82) is 0 Å². The summed E-state index contributed by atoms with van der Waals surface area (Å²) in [7, 11) is 3.94. The van der Waals surface area contributed by atoms with Gasteiger partial charge in [-0.1, -0.05) is 0 Å². The van der Waals surface area contributed by atoms with Crippen LogP contribution in [0.2, 0.25) is 0 Å². The Morgan fingerprint density at radius 1 is 1.59 bits per heavy atom. The Morgan fingerprint density at radius 2 is 2.35 bits per heavy atom. The van der Waals surface area contributed by atoms with Gasteiger partial charge in [-0.3, -0.25) is 0 Å². The summed E-state index contributed by atoms with van der Waals surface area (Å²) in [5, 5.41) is 11.6. The van der Waals surface area contributed by atoms with Crippen LogP contribution < -0.4 is 0 Å². The number of rotatable bonds is 4. The molecule has 0 fully saturated rings. The maximum absolute atomic E-state index is 10.7. The number of nitrogens with zero attached hydrogens (tertiary/aromatic N) is 2. The van der Waals surface area contributed by atoms with E-state index in [1.165, 1.54) is 23.7 Å². The minimum absolute atomic E-state index is 0.141. The van der Waals surface area contributed by atoms with E-state index >= 15 is 0 Å². The van der Waals surface area contributed by atoms with E-state index < -0.39 is 5.97 Å². The highest BCUT2D eigenvalue weighted by Crippen LogP contribution is 2.24. The summed E-state index contributed by atoms with van der Waals surface area (Å²) < 4.78 is 5.18. The van der Waals surface area contributed by atoms with Gasteiger partial charge in [0.2, 0.25) is 0 Å². The zero-order valence-corrected chi connectivity index (χ0v) is 10.3. The molecular weight excluding hydrogens is 240 g/mol. The molecule has 0 radical (unpaired) electrons. The smallest absolute Gasteiger partial charge is 0.338 e. The van der Waals surface area contributed by atoms with E-state index in [4.69, 9.17) is 9.52 Å². The second-order valence-electron chi connectivity index (χ2n) is 3.87. The van der Waals surface area contributed by atoms with E-state index in [1.54, 1.807) is 0 Å². The Morgan fingerprint density at radius 3 is 2.94 bits per heavy atom. The Balaban J connectivity index is 2.21. The van der Waals surface area contributed by atoms with Gasteiger partial charge in [0.1, 0.15) is 17.0 Å². The second kappa shape index (κ2) is 4.68. The molecule has 0 spiro atoms. The molecule has 2 aromatic heterocycles. The average molecular weight is 252 g/mol. The monoisotopic (exact) mass is 252 g/mol. The summed E-state index contributed by atoms with van der Waals surface area (Å²) in [4.78, 5) is 17.1. The molecule has 90 valence electrons. The Hall–Kier alpha value is -1.66. The highest BCUT2D eigenvalue weighted by atomic mass is 32.1. The Labute approximate surface area is 102 Å². The number of furan rings is 1. The van der Waals surface area contributed by atoms with Crippen LogP contribution in [-0.4, -0.2) is 35.1 Å². The molecule has 0 bridgehead atoms. The lowest BCUT2D eigenvalue weighted by atomic mass is 10.3. The van der Waals surface area contributed by atoms with Crippen LogP contribution in [0.15, 0.2) is 22.1 Å². The van der Waals surface area contributed by atoms with E-state index in [-0.39, 0.29) is 5.56 Å². The zero-order chi connectivity index (χ0) is 12.4. The van der Waals surface area contributed by atoms with Gasteiger partial charge < -0.3 is 14.4 Å². The molecule has 2 aromatic rings. The third-order valence-electron chi connectivity index (χ3n) is 2.10. The molecule has 0 amide bonds. The molecule has 0 aromatic carbocycles. The summed E-state index contributed by atoms with van der Waals surface area (Å²) in [5.41, 5.74) is 0.821. The maximum Gasteiger partial charge on any atom is 0.338 e. The molecule has 2 heterocycles. The van der Waals surface area contributed by atoms with E-state index in [0.29, 0.717) is 11.5 Å².